The molecule has 114 valence electrons. The minimum atomic E-state index is 0.00786. The van der Waals surface area contributed by atoms with E-state index in [1.165, 1.54) is 23.5 Å². The van der Waals surface area contributed by atoms with Gasteiger partial charge in [0.15, 0.2) is 0 Å². The number of hydrogen-bond donors (Lipinski definition) is 2. The van der Waals surface area contributed by atoms with E-state index in [0.717, 1.165) is 0 Å². The van der Waals surface area contributed by atoms with Crippen molar-refractivity contribution in [2.45, 2.75) is 50.8 Å². The molecule has 4 atom stereocenters. The largest absolute Gasteiger partial charge is 0.317 e. The SMILES string of the molecule is CC1NC(C)N(CCN2C(=O)SC(C)NC2C)C(=O)S1. The Balaban J connectivity index is 1.91. The summed E-state index contributed by atoms with van der Waals surface area (Å²) in [5, 5.41) is 7.08. The molecule has 2 aliphatic heterocycles. The smallest absolute Gasteiger partial charge is 0.284 e. The van der Waals surface area contributed by atoms with Crippen LogP contribution in [0.1, 0.15) is 27.7 Å². The number of nitrogens with one attached hydrogen (secondary N) is 2. The summed E-state index contributed by atoms with van der Waals surface area (Å²) in [6.45, 7) is 9.03. The van der Waals surface area contributed by atoms with Crippen molar-refractivity contribution in [1.82, 2.24) is 20.4 Å². The zero-order valence-corrected chi connectivity index (χ0v) is 13.9. The lowest BCUT2D eigenvalue weighted by atomic mass is 10.4. The normalized spacial score (nSPS) is 35.6. The van der Waals surface area contributed by atoms with Gasteiger partial charge in [0.2, 0.25) is 0 Å². The highest BCUT2D eigenvalue weighted by Crippen LogP contribution is 2.24. The Morgan fingerprint density at radius 2 is 1.20 bits per heavy atom. The van der Waals surface area contributed by atoms with Crippen molar-refractivity contribution in [3.63, 3.8) is 0 Å². The summed E-state index contributed by atoms with van der Waals surface area (Å²) in [5.74, 6) is 0. The first kappa shape index (κ1) is 15.9. The minimum absolute atomic E-state index is 0.00786. The molecule has 0 saturated carbocycles. The topological polar surface area (TPSA) is 64.7 Å². The molecule has 2 fully saturated rings. The summed E-state index contributed by atoms with van der Waals surface area (Å²) in [6.07, 6.45) is 0.0157. The first-order chi connectivity index (χ1) is 9.38. The third-order valence-corrected chi connectivity index (χ3v) is 5.34. The van der Waals surface area contributed by atoms with E-state index >= 15 is 0 Å². The van der Waals surface area contributed by atoms with E-state index in [1.54, 1.807) is 9.80 Å². The molecule has 2 amide bonds. The van der Waals surface area contributed by atoms with Gasteiger partial charge in [0, 0.05) is 13.1 Å². The highest BCUT2D eigenvalue weighted by molar-refractivity contribution is 8.14. The molecule has 2 N–H and O–H groups in total. The van der Waals surface area contributed by atoms with Crippen molar-refractivity contribution in [2.24, 2.45) is 0 Å². The van der Waals surface area contributed by atoms with Gasteiger partial charge in [-0.1, -0.05) is 0 Å². The molecule has 0 aromatic carbocycles. The lowest BCUT2D eigenvalue weighted by Crippen LogP contribution is -2.58. The van der Waals surface area contributed by atoms with Crippen LogP contribution < -0.4 is 10.6 Å². The molecule has 0 spiro atoms. The molecule has 2 saturated heterocycles. The number of thioether (sulfide) groups is 2. The molecule has 20 heavy (non-hydrogen) atoms. The van der Waals surface area contributed by atoms with Crippen molar-refractivity contribution < 1.29 is 9.59 Å². The number of rotatable bonds is 3. The van der Waals surface area contributed by atoms with Crippen LogP contribution in [-0.4, -0.2) is 56.4 Å². The van der Waals surface area contributed by atoms with Crippen molar-refractivity contribution in [3.05, 3.63) is 0 Å². The predicted molar refractivity (Wildman–Crippen MR) is 83.5 cm³/mol. The highest BCUT2D eigenvalue weighted by atomic mass is 32.2. The first-order valence-electron chi connectivity index (χ1n) is 6.85. The molecule has 0 aromatic rings. The second kappa shape index (κ2) is 6.55. The van der Waals surface area contributed by atoms with Gasteiger partial charge in [0.05, 0.1) is 23.1 Å². The number of carbonyl (C=O) groups is 2. The van der Waals surface area contributed by atoms with Crippen LogP contribution >= 0.6 is 23.5 Å². The zero-order chi connectivity index (χ0) is 14.9. The summed E-state index contributed by atoms with van der Waals surface area (Å²) < 4.78 is 0. The fourth-order valence-electron chi connectivity index (χ4n) is 2.47. The van der Waals surface area contributed by atoms with E-state index in [9.17, 15) is 9.59 Å². The zero-order valence-electron chi connectivity index (χ0n) is 12.3. The van der Waals surface area contributed by atoms with Gasteiger partial charge in [-0.3, -0.25) is 20.2 Å². The molecule has 4 unspecified atom stereocenters. The Kier molecular flexibility index (Phi) is 5.22. The summed E-state index contributed by atoms with van der Waals surface area (Å²) in [6, 6.07) is 0. The third-order valence-electron chi connectivity index (χ3n) is 3.49. The standard InChI is InChI=1S/C12H22N4O2S2/c1-7-13-9(3)19-11(17)15(7)5-6-16-8(2)14-10(4)20-12(16)18/h7-10,13-14H,5-6H2,1-4H3. The molecular weight excluding hydrogens is 296 g/mol. The molecular formula is C12H22N4O2S2. The number of amides is 2. The minimum Gasteiger partial charge on any atom is -0.317 e. The molecule has 2 heterocycles. The Morgan fingerprint density at radius 3 is 1.50 bits per heavy atom. The van der Waals surface area contributed by atoms with E-state index in [4.69, 9.17) is 0 Å². The molecule has 2 rings (SSSR count). The van der Waals surface area contributed by atoms with Crippen molar-refractivity contribution >= 4 is 34.0 Å². The second-order valence-corrected chi connectivity index (χ2v) is 7.71. The fourth-order valence-corrected chi connectivity index (χ4v) is 4.37. The van der Waals surface area contributed by atoms with Crippen LogP contribution in [0.25, 0.3) is 0 Å². The molecule has 0 radical (unpaired) electrons. The summed E-state index contributed by atoms with van der Waals surface area (Å²) in [5.41, 5.74) is 0. The summed E-state index contributed by atoms with van der Waals surface area (Å²) >= 11 is 2.59. The van der Waals surface area contributed by atoms with Gasteiger partial charge in [-0.2, -0.15) is 0 Å². The Morgan fingerprint density at radius 1 is 0.850 bits per heavy atom. The molecule has 8 heteroatoms. The molecule has 6 nitrogen and oxygen atoms in total. The number of carbonyl (C=O) groups excluding carboxylic acids is 2. The van der Waals surface area contributed by atoms with Gasteiger partial charge in [-0.25, -0.2) is 0 Å². The first-order valence-corrected chi connectivity index (χ1v) is 8.61. The summed E-state index contributed by atoms with van der Waals surface area (Å²) in [7, 11) is 0. The average Bonchev–Trinajstić information content (AvgIpc) is 2.30. The number of nitrogens with zero attached hydrogens (tertiary/aromatic N) is 2. The fraction of sp³-hybridized carbons (Fsp3) is 0.833. The van der Waals surface area contributed by atoms with Gasteiger partial charge in [0.1, 0.15) is 0 Å². The van der Waals surface area contributed by atoms with Crippen molar-refractivity contribution in [1.29, 1.82) is 0 Å². The van der Waals surface area contributed by atoms with E-state index in [1.807, 2.05) is 27.7 Å². The molecule has 0 aliphatic carbocycles. The van der Waals surface area contributed by atoms with Crippen LogP contribution in [0.5, 0.6) is 0 Å². The van der Waals surface area contributed by atoms with Gasteiger partial charge in [-0.15, -0.1) is 0 Å². The van der Waals surface area contributed by atoms with Crippen LogP contribution in [0.2, 0.25) is 0 Å². The maximum atomic E-state index is 12.0. The van der Waals surface area contributed by atoms with Crippen LogP contribution in [0.15, 0.2) is 0 Å². The predicted octanol–water partition coefficient (Wildman–Crippen LogP) is 1.89. The van der Waals surface area contributed by atoms with Crippen LogP contribution in [0, 0.1) is 0 Å². The molecule has 0 aromatic heterocycles. The lowest BCUT2D eigenvalue weighted by molar-refractivity contribution is 0.149. The van der Waals surface area contributed by atoms with E-state index < -0.39 is 0 Å². The molecule has 2 aliphatic rings. The number of hydrogen-bond acceptors (Lipinski definition) is 6. The average molecular weight is 318 g/mol. The Bertz CT molecular complexity index is 360. The van der Waals surface area contributed by atoms with Crippen LogP contribution in [0.4, 0.5) is 9.59 Å². The van der Waals surface area contributed by atoms with Crippen molar-refractivity contribution in [2.75, 3.05) is 13.1 Å². The van der Waals surface area contributed by atoms with Gasteiger partial charge >= 0.3 is 0 Å². The van der Waals surface area contributed by atoms with Gasteiger partial charge in [0.25, 0.3) is 10.5 Å². The lowest BCUT2D eigenvalue weighted by Gasteiger charge is -2.40. The second-order valence-electron chi connectivity index (χ2n) is 5.12. The quantitative estimate of drug-likeness (QED) is 0.828. The Labute approximate surface area is 128 Å². The van der Waals surface area contributed by atoms with E-state index in [2.05, 4.69) is 10.6 Å². The van der Waals surface area contributed by atoms with Crippen LogP contribution in [-0.2, 0) is 0 Å². The third kappa shape index (κ3) is 3.60. The van der Waals surface area contributed by atoms with Gasteiger partial charge < -0.3 is 9.80 Å². The highest BCUT2D eigenvalue weighted by Gasteiger charge is 2.32. The maximum Gasteiger partial charge on any atom is 0.284 e. The summed E-state index contributed by atoms with van der Waals surface area (Å²) in [4.78, 5) is 27.6. The van der Waals surface area contributed by atoms with Crippen molar-refractivity contribution in [3.8, 4) is 0 Å². The van der Waals surface area contributed by atoms with Crippen LogP contribution in [0.3, 0.4) is 0 Å². The van der Waals surface area contributed by atoms with Gasteiger partial charge in [-0.05, 0) is 51.2 Å². The molecule has 0 bridgehead atoms. The van der Waals surface area contributed by atoms with E-state index in [-0.39, 0.29) is 33.6 Å². The maximum absolute atomic E-state index is 12.0. The van der Waals surface area contributed by atoms with E-state index in [0.29, 0.717) is 13.1 Å². The monoisotopic (exact) mass is 318 g/mol. The Hall–Kier alpha value is -0.440.